The van der Waals surface area contributed by atoms with Crippen molar-refractivity contribution < 1.29 is 14.3 Å². The van der Waals surface area contributed by atoms with Crippen LogP contribution in [0.1, 0.15) is 50.2 Å². The van der Waals surface area contributed by atoms with E-state index in [4.69, 9.17) is 4.74 Å². The van der Waals surface area contributed by atoms with Crippen molar-refractivity contribution in [3.05, 3.63) is 88.5 Å². The molecule has 9 heteroatoms. The van der Waals surface area contributed by atoms with Gasteiger partial charge in [-0.15, -0.1) is 0 Å². The van der Waals surface area contributed by atoms with Gasteiger partial charge in [0.1, 0.15) is 18.1 Å². The van der Waals surface area contributed by atoms with Gasteiger partial charge in [-0.05, 0) is 62.6 Å². The smallest absolute Gasteiger partial charge is 0.276 e. The van der Waals surface area contributed by atoms with E-state index < -0.39 is 0 Å². The van der Waals surface area contributed by atoms with Gasteiger partial charge >= 0.3 is 0 Å². The van der Waals surface area contributed by atoms with Crippen LogP contribution in [-0.4, -0.2) is 31.4 Å². The molecule has 4 rings (SSSR count). The predicted molar refractivity (Wildman–Crippen MR) is 138 cm³/mol. The second-order valence-corrected chi connectivity index (χ2v) is 8.66. The molecule has 0 saturated carbocycles. The van der Waals surface area contributed by atoms with Crippen LogP contribution in [0.25, 0.3) is 0 Å². The summed E-state index contributed by atoms with van der Waals surface area (Å²) >= 11 is 0. The monoisotopic (exact) mass is 486 g/mol. The SMILES string of the molecule is CCn1ncc(NC(=O)c2cccc(COc3cc(C)ccc3C)c2)c1C(=O)Nc1cnn(C)c1C. The topological polar surface area (TPSA) is 103 Å². The van der Waals surface area contributed by atoms with Gasteiger partial charge in [0.2, 0.25) is 0 Å². The summed E-state index contributed by atoms with van der Waals surface area (Å²) in [5, 5.41) is 14.1. The third-order valence-electron chi connectivity index (χ3n) is 6.01. The minimum Gasteiger partial charge on any atom is -0.489 e. The molecule has 0 atom stereocenters. The van der Waals surface area contributed by atoms with Crippen LogP contribution in [0.5, 0.6) is 5.75 Å². The molecule has 2 aromatic carbocycles. The van der Waals surface area contributed by atoms with Gasteiger partial charge in [0.05, 0.1) is 29.5 Å². The van der Waals surface area contributed by atoms with Gasteiger partial charge < -0.3 is 15.4 Å². The average Bonchev–Trinajstić information content (AvgIpc) is 3.42. The average molecular weight is 487 g/mol. The Morgan fingerprint density at radius 1 is 0.944 bits per heavy atom. The van der Waals surface area contributed by atoms with E-state index in [0.29, 0.717) is 30.1 Å². The highest BCUT2D eigenvalue weighted by molar-refractivity contribution is 6.11. The standard InChI is InChI=1S/C27H30N6O3/c1-6-33-25(27(35)30-22-14-28-32(5)19(22)4)23(15-29-33)31-26(34)21-9-7-8-20(13-21)16-36-24-12-17(2)10-11-18(24)3/h7-15H,6,16H2,1-5H3,(H,30,35)(H,31,34). The fourth-order valence-electron chi connectivity index (χ4n) is 3.78. The summed E-state index contributed by atoms with van der Waals surface area (Å²) in [4.78, 5) is 26.2. The molecule has 0 bridgehead atoms. The number of aryl methyl sites for hydroxylation is 4. The number of benzene rings is 2. The van der Waals surface area contributed by atoms with E-state index >= 15 is 0 Å². The van der Waals surface area contributed by atoms with Gasteiger partial charge in [-0.25, -0.2) is 0 Å². The molecule has 36 heavy (non-hydrogen) atoms. The molecule has 186 valence electrons. The Hall–Kier alpha value is -4.40. The summed E-state index contributed by atoms with van der Waals surface area (Å²) in [6.45, 7) is 8.56. The molecule has 0 spiro atoms. The van der Waals surface area contributed by atoms with Crippen molar-refractivity contribution in [3.63, 3.8) is 0 Å². The molecule has 9 nitrogen and oxygen atoms in total. The Kier molecular flexibility index (Phi) is 7.19. The van der Waals surface area contributed by atoms with Crippen LogP contribution >= 0.6 is 0 Å². The molecular weight excluding hydrogens is 456 g/mol. The molecule has 0 unspecified atom stereocenters. The summed E-state index contributed by atoms with van der Waals surface area (Å²) in [6, 6.07) is 13.3. The molecule has 2 N–H and O–H groups in total. The zero-order chi connectivity index (χ0) is 25.8. The second-order valence-electron chi connectivity index (χ2n) is 8.66. The lowest BCUT2D eigenvalue weighted by atomic mass is 10.1. The highest BCUT2D eigenvalue weighted by atomic mass is 16.5. The first-order valence-corrected chi connectivity index (χ1v) is 11.7. The van der Waals surface area contributed by atoms with E-state index in [9.17, 15) is 9.59 Å². The number of nitrogens with one attached hydrogen (secondary N) is 2. The minimum absolute atomic E-state index is 0.267. The van der Waals surface area contributed by atoms with Crippen molar-refractivity contribution in [2.24, 2.45) is 7.05 Å². The zero-order valence-corrected chi connectivity index (χ0v) is 21.1. The van der Waals surface area contributed by atoms with E-state index in [2.05, 4.69) is 20.8 Å². The molecule has 2 aromatic heterocycles. The Morgan fingerprint density at radius 3 is 2.42 bits per heavy atom. The lowest BCUT2D eigenvalue weighted by molar-refractivity contribution is 0.101. The maximum atomic E-state index is 13.1. The Bertz CT molecular complexity index is 1420. The Labute approximate surface area is 210 Å². The number of anilines is 2. The number of carbonyl (C=O) groups excluding carboxylic acids is 2. The fraction of sp³-hybridized carbons (Fsp3) is 0.259. The normalized spacial score (nSPS) is 10.8. The van der Waals surface area contributed by atoms with E-state index in [0.717, 1.165) is 28.1 Å². The van der Waals surface area contributed by atoms with Crippen LogP contribution in [0.4, 0.5) is 11.4 Å². The zero-order valence-electron chi connectivity index (χ0n) is 21.1. The van der Waals surface area contributed by atoms with Crippen molar-refractivity contribution in [1.82, 2.24) is 19.6 Å². The lowest BCUT2D eigenvalue weighted by Crippen LogP contribution is -2.21. The summed E-state index contributed by atoms with van der Waals surface area (Å²) < 4.78 is 9.21. The number of nitrogens with zero attached hydrogens (tertiary/aromatic N) is 4. The molecule has 2 amide bonds. The first-order chi connectivity index (χ1) is 17.3. The molecule has 4 aromatic rings. The van der Waals surface area contributed by atoms with E-state index in [1.165, 1.54) is 6.20 Å². The molecule has 0 radical (unpaired) electrons. The molecule has 0 aliphatic rings. The lowest BCUT2D eigenvalue weighted by Gasteiger charge is -2.12. The number of ether oxygens (including phenoxy) is 1. The van der Waals surface area contributed by atoms with Crippen LogP contribution in [0.15, 0.2) is 54.9 Å². The predicted octanol–water partition coefficient (Wildman–Crippen LogP) is 4.65. The fourth-order valence-corrected chi connectivity index (χ4v) is 3.78. The number of hydrogen-bond donors (Lipinski definition) is 2. The van der Waals surface area contributed by atoms with Crippen LogP contribution in [0.2, 0.25) is 0 Å². The molecule has 0 aliphatic carbocycles. The molecule has 2 heterocycles. The van der Waals surface area contributed by atoms with Crippen molar-refractivity contribution >= 4 is 23.2 Å². The summed E-state index contributed by atoms with van der Waals surface area (Å²) in [5.74, 6) is 0.0959. The number of aromatic nitrogens is 4. The van der Waals surface area contributed by atoms with Crippen LogP contribution in [0.3, 0.4) is 0 Å². The first-order valence-electron chi connectivity index (χ1n) is 11.7. The number of hydrogen-bond acceptors (Lipinski definition) is 5. The van der Waals surface area contributed by atoms with Gasteiger partial charge in [-0.1, -0.05) is 24.3 Å². The van der Waals surface area contributed by atoms with Crippen molar-refractivity contribution in [2.45, 2.75) is 40.8 Å². The minimum atomic E-state index is -0.378. The highest BCUT2D eigenvalue weighted by Crippen LogP contribution is 2.22. The quantitative estimate of drug-likeness (QED) is 0.378. The highest BCUT2D eigenvalue weighted by Gasteiger charge is 2.21. The van der Waals surface area contributed by atoms with E-state index in [1.54, 1.807) is 34.7 Å². The second kappa shape index (κ2) is 10.5. The third kappa shape index (κ3) is 5.30. The molecule has 0 fully saturated rings. The first kappa shape index (κ1) is 24.7. The van der Waals surface area contributed by atoms with Gasteiger partial charge in [0.25, 0.3) is 11.8 Å². The van der Waals surface area contributed by atoms with Crippen LogP contribution < -0.4 is 15.4 Å². The maximum Gasteiger partial charge on any atom is 0.276 e. The summed E-state index contributed by atoms with van der Waals surface area (Å²) in [5.41, 5.74) is 5.50. The van der Waals surface area contributed by atoms with Gasteiger partial charge in [-0.2, -0.15) is 10.2 Å². The van der Waals surface area contributed by atoms with Crippen molar-refractivity contribution in [2.75, 3.05) is 10.6 Å². The van der Waals surface area contributed by atoms with Gasteiger partial charge in [0.15, 0.2) is 0 Å². The van der Waals surface area contributed by atoms with Gasteiger partial charge in [-0.3, -0.25) is 19.0 Å². The summed E-state index contributed by atoms with van der Waals surface area (Å²) in [6.07, 6.45) is 3.07. The van der Waals surface area contributed by atoms with Crippen molar-refractivity contribution in [3.8, 4) is 5.75 Å². The Morgan fingerprint density at radius 2 is 1.69 bits per heavy atom. The molecule has 0 saturated heterocycles. The third-order valence-corrected chi connectivity index (χ3v) is 6.01. The largest absolute Gasteiger partial charge is 0.489 e. The van der Waals surface area contributed by atoms with Gasteiger partial charge in [0, 0.05) is 19.2 Å². The van der Waals surface area contributed by atoms with Crippen LogP contribution in [-0.2, 0) is 20.2 Å². The summed E-state index contributed by atoms with van der Waals surface area (Å²) in [7, 11) is 1.80. The van der Waals surface area contributed by atoms with E-state index in [1.807, 2.05) is 58.0 Å². The van der Waals surface area contributed by atoms with Crippen LogP contribution in [0, 0.1) is 20.8 Å². The number of rotatable bonds is 8. The number of carbonyl (C=O) groups is 2. The maximum absolute atomic E-state index is 13.1. The molecular formula is C27H30N6O3. The van der Waals surface area contributed by atoms with Crippen molar-refractivity contribution in [1.29, 1.82) is 0 Å². The Balaban J connectivity index is 1.49. The number of amides is 2. The van der Waals surface area contributed by atoms with E-state index in [-0.39, 0.29) is 17.5 Å². The molecule has 0 aliphatic heterocycles.